The number of imide groups is 1. The van der Waals surface area contributed by atoms with Crippen LogP contribution in [0.4, 0.5) is 5.69 Å². The predicted octanol–water partition coefficient (Wildman–Crippen LogP) is 1.99. The normalized spacial score (nSPS) is 29.4. The molecule has 3 N–H and O–H groups in total. The zero-order valence-electron chi connectivity index (χ0n) is 17.8. The van der Waals surface area contributed by atoms with E-state index in [2.05, 4.69) is 10.6 Å². The Morgan fingerprint density at radius 2 is 1.84 bits per heavy atom. The molecule has 0 aromatic heterocycles. The van der Waals surface area contributed by atoms with Gasteiger partial charge in [-0.25, -0.2) is 0 Å². The van der Waals surface area contributed by atoms with Crippen LogP contribution in [0.25, 0.3) is 0 Å². The molecule has 3 aliphatic heterocycles. The maximum atomic E-state index is 13.6. The van der Waals surface area contributed by atoms with E-state index in [1.807, 2.05) is 30.3 Å². The number of benzene rings is 2. The van der Waals surface area contributed by atoms with Crippen molar-refractivity contribution in [3.63, 3.8) is 0 Å². The average Bonchev–Trinajstić information content (AvgIpc) is 3.36. The maximum absolute atomic E-state index is 13.6. The minimum absolute atomic E-state index is 0.228. The van der Waals surface area contributed by atoms with Crippen LogP contribution in [0, 0.1) is 18.8 Å². The summed E-state index contributed by atoms with van der Waals surface area (Å²) >= 11 is 6.26. The first-order chi connectivity index (χ1) is 15.3. The van der Waals surface area contributed by atoms with Crippen molar-refractivity contribution < 1.29 is 19.5 Å². The molecule has 3 aliphatic rings. The van der Waals surface area contributed by atoms with Crippen LogP contribution in [-0.2, 0) is 26.3 Å². The number of aliphatic hydroxyl groups is 1. The van der Waals surface area contributed by atoms with E-state index in [4.69, 9.17) is 11.6 Å². The van der Waals surface area contributed by atoms with Crippen LogP contribution in [0.3, 0.4) is 0 Å². The smallest absolute Gasteiger partial charge is 0.250 e. The number of nitrogens with one attached hydrogen (secondary N) is 2. The van der Waals surface area contributed by atoms with Gasteiger partial charge in [0.2, 0.25) is 17.7 Å². The van der Waals surface area contributed by atoms with E-state index < -0.39 is 35.4 Å². The van der Waals surface area contributed by atoms with Gasteiger partial charge in [0.15, 0.2) is 0 Å². The summed E-state index contributed by atoms with van der Waals surface area (Å²) in [5.41, 5.74) is 1.44. The van der Waals surface area contributed by atoms with Crippen molar-refractivity contribution in [3.05, 3.63) is 64.2 Å². The summed E-state index contributed by atoms with van der Waals surface area (Å²) in [5, 5.41) is 17.0. The van der Waals surface area contributed by atoms with Crippen molar-refractivity contribution in [2.45, 2.75) is 38.0 Å². The molecule has 0 unspecified atom stereocenters. The maximum Gasteiger partial charge on any atom is 0.250 e. The fourth-order valence-corrected chi connectivity index (χ4v) is 5.66. The lowest BCUT2D eigenvalue weighted by molar-refractivity contribution is -0.143. The zero-order chi connectivity index (χ0) is 22.8. The van der Waals surface area contributed by atoms with Crippen molar-refractivity contribution in [2.24, 2.45) is 11.8 Å². The Balaban J connectivity index is 1.57. The van der Waals surface area contributed by atoms with Gasteiger partial charge in [0, 0.05) is 23.2 Å². The highest BCUT2D eigenvalue weighted by atomic mass is 35.5. The molecule has 3 heterocycles. The number of nitrogens with zero attached hydrogens (tertiary/aromatic N) is 1. The molecule has 0 aliphatic carbocycles. The first-order valence-electron chi connectivity index (χ1n) is 10.7. The Kier molecular flexibility index (Phi) is 4.89. The summed E-state index contributed by atoms with van der Waals surface area (Å²) in [6, 6.07) is 12.3. The van der Waals surface area contributed by atoms with Crippen LogP contribution < -0.4 is 10.6 Å². The van der Waals surface area contributed by atoms with Gasteiger partial charge in [0.25, 0.3) is 0 Å². The van der Waals surface area contributed by atoms with Crippen molar-refractivity contribution in [2.75, 3.05) is 11.9 Å². The first kappa shape index (κ1) is 21.1. The quantitative estimate of drug-likeness (QED) is 0.615. The summed E-state index contributed by atoms with van der Waals surface area (Å²) in [5.74, 6) is -2.90. The third-order valence-corrected chi connectivity index (χ3v) is 7.51. The molecule has 0 radical (unpaired) electrons. The topological polar surface area (TPSA) is 98.7 Å². The molecule has 5 rings (SSSR count). The molecule has 2 aromatic rings. The number of hydrogen-bond acceptors (Lipinski definition) is 5. The lowest BCUT2D eigenvalue weighted by atomic mass is 9.76. The Morgan fingerprint density at radius 1 is 1.12 bits per heavy atom. The van der Waals surface area contributed by atoms with Gasteiger partial charge in [-0.15, -0.1) is 0 Å². The molecule has 166 valence electrons. The van der Waals surface area contributed by atoms with Crippen molar-refractivity contribution in [1.29, 1.82) is 0 Å². The van der Waals surface area contributed by atoms with Gasteiger partial charge in [-0.05, 0) is 37.5 Å². The van der Waals surface area contributed by atoms with Gasteiger partial charge in [-0.3, -0.25) is 24.6 Å². The van der Waals surface area contributed by atoms with Gasteiger partial charge in [-0.1, -0.05) is 48.0 Å². The summed E-state index contributed by atoms with van der Waals surface area (Å²) in [4.78, 5) is 41.7. The standard InChI is InChI=1S/C24H24ClN3O4/c1-12-16(25)9-8-15-19(12)26-23(32)24(15)18-17(20(27-24)13(2)29)21(30)28(22(18)31)11-10-14-6-4-3-5-7-14/h3-9,13,17-18,20,27,29H,10-11H2,1-2H3,(H,26,32)/t13-,17+,18-,20-,24-/m1/s1. The number of anilines is 1. The molecule has 7 nitrogen and oxygen atoms in total. The fourth-order valence-electron chi connectivity index (χ4n) is 5.50. The van der Waals surface area contributed by atoms with Crippen LogP contribution >= 0.6 is 11.6 Å². The number of aliphatic hydroxyl groups excluding tert-OH is 1. The number of likely N-dealkylation sites (tertiary alicyclic amines) is 1. The highest BCUT2D eigenvalue weighted by molar-refractivity contribution is 6.32. The van der Waals surface area contributed by atoms with Crippen LogP contribution in [-0.4, -0.2) is 46.4 Å². The number of carbonyl (C=O) groups excluding carboxylic acids is 3. The molecule has 2 fully saturated rings. The minimum atomic E-state index is -1.43. The Morgan fingerprint density at radius 3 is 2.53 bits per heavy atom. The second kappa shape index (κ2) is 7.40. The van der Waals surface area contributed by atoms with E-state index in [-0.39, 0.29) is 18.4 Å². The molecular formula is C24H24ClN3O4. The number of halogens is 1. The van der Waals surface area contributed by atoms with E-state index in [9.17, 15) is 19.5 Å². The monoisotopic (exact) mass is 453 g/mol. The number of amides is 3. The van der Waals surface area contributed by atoms with Gasteiger partial charge >= 0.3 is 0 Å². The van der Waals surface area contributed by atoms with Gasteiger partial charge in [0.05, 0.1) is 23.6 Å². The minimum Gasteiger partial charge on any atom is -0.392 e. The summed E-state index contributed by atoms with van der Waals surface area (Å²) in [6.07, 6.45) is -0.410. The number of hydrogen-bond donors (Lipinski definition) is 3. The van der Waals surface area contributed by atoms with E-state index >= 15 is 0 Å². The molecule has 2 saturated heterocycles. The summed E-state index contributed by atoms with van der Waals surface area (Å²) in [6.45, 7) is 3.59. The fraction of sp³-hybridized carbons (Fsp3) is 0.375. The van der Waals surface area contributed by atoms with Gasteiger partial charge in [-0.2, -0.15) is 0 Å². The molecule has 3 amide bonds. The van der Waals surface area contributed by atoms with Gasteiger partial charge < -0.3 is 10.4 Å². The van der Waals surface area contributed by atoms with E-state index in [0.29, 0.717) is 28.3 Å². The van der Waals surface area contributed by atoms with Crippen LogP contribution in [0.1, 0.15) is 23.6 Å². The van der Waals surface area contributed by atoms with Crippen molar-refractivity contribution in [3.8, 4) is 0 Å². The second-order valence-electron chi connectivity index (χ2n) is 8.83. The molecule has 32 heavy (non-hydrogen) atoms. The predicted molar refractivity (Wildman–Crippen MR) is 119 cm³/mol. The first-order valence-corrected chi connectivity index (χ1v) is 11.1. The van der Waals surface area contributed by atoms with Gasteiger partial charge in [0.1, 0.15) is 5.54 Å². The van der Waals surface area contributed by atoms with E-state index in [0.717, 1.165) is 5.56 Å². The Hall–Kier alpha value is -2.74. The largest absolute Gasteiger partial charge is 0.392 e. The van der Waals surface area contributed by atoms with E-state index in [1.54, 1.807) is 26.0 Å². The van der Waals surface area contributed by atoms with Crippen LogP contribution in [0.2, 0.25) is 5.02 Å². The molecule has 1 spiro atoms. The number of rotatable bonds is 4. The average molecular weight is 454 g/mol. The third kappa shape index (κ3) is 2.78. The highest BCUT2D eigenvalue weighted by Gasteiger charge is 2.71. The Labute approximate surface area is 190 Å². The molecule has 0 saturated carbocycles. The molecule has 8 heteroatoms. The second-order valence-corrected chi connectivity index (χ2v) is 9.24. The van der Waals surface area contributed by atoms with Crippen molar-refractivity contribution in [1.82, 2.24) is 10.2 Å². The summed E-state index contributed by atoms with van der Waals surface area (Å²) < 4.78 is 0. The lowest BCUT2D eigenvalue weighted by Gasteiger charge is -2.30. The number of carbonyl (C=O) groups is 3. The SMILES string of the molecule is Cc1c(Cl)ccc2c1NC(=O)[C@@]21N[C@H]([C@@H](C)O)[C@H]2C(=O)N(CCc3ccccc3)C(=O)[C@@H]21. The highest BCUT2D eigenvalue weighted by Crippen LogP contribution is 2.54. The molecule has 2 aromatic carbocycles. The summed E-state index contributed by atoms with van der Waals surface area (Å²) in [7, 11) is 0. The van der Waals surface area contributed by atoms with Crippen molar-refractivity contribution >= 4 is 35.0 Å². The van der Waals surface area contributed by atoms with Crippen LogP contribution in [0.5, 0.6) is 0 Å². The zero-order valence-corrected chi connectivity index (χ0v) is 18.5. The van der Waals surface area contributed by atoms with E-state index in [1.165, 1.54) is 4.90 Å². The lowest BCUT2D eigenvalue weighted by Crippen LogP contribution is -2.55. The van der Waals surface area contributed by atoms with Crippen LogP contribution in [0.15, 0.2) is 42.5 Å². The molecule has 5 atom stereocenters. The number of fused-ring (bicyclic) bond motifs is 4. The third-order valence-electron chi connectivity index (χ3n) is 7.10. The Bertz CT molecular complexity index is 1140. The molecule has 0 bridgehead atoms. The molecular weight excluding hydrogens is 430 g/mol.